The molecule has 0 spiro atoms. The van der Waals surface area contributed by atoms with Gasteiger partial charge < -0.3 is 10.4 Å². The molecule has 2 N–H and O–H groups in total. The van der Waals surface area contributed by atoms with Crippen molar-refractivity contribution in [1.29, 1.82) is 0 Å². The summed E-state index contributed by atoms with van der Waals surface area (Å²) in [6, 6.07) is 16.3. The lowest BCUT2D eigenvalue weighted by Crippen LogP contribution is -2.45. The van der Waals surface area contributed by atoms with Gasteiger partial charge in [-0.25, -0.2) is 0 Å². The number of aliphatic carboxylic acids is 1. The molecule has 4 nitrogen and oxygen atoms in total. The third kappa shape index (κ3) is 4.60. The Morgan fingerprint density at radius 2 is 1.72 bits per heavy atom. The molecule has 2 rings (SSSR count). The number of carboxylic acids is 1. The second kappa shape index (κ2) is 8.17. The van der Waals surface area contributed by atoms with Gasteiger partial charge in [0, 0.05) is 17.5 Å². The number of carbonyl (C=O) groups is 2. The summed E-state index contributed by atoms with van der Waals surface area (Å²) in [5.41, 5.74) is 0.374. The van der Waals surface area contributed by atoms with Gasteiger partial charge in [-0.15, -0.1) is 0 Å². The third-order valence-corrected chi connectivity index (χ3v) is 4.80. The molecule has 132 valence electrons. The van der Waals surface area contributed by atoms with Crippen LogP contribution in [0.3, 0.4) is 0 Å². The lowest BCUT2D eigenvalue weighted by atomic mass is 9.82. The monoisotopic (exact) mass is 359 g/mol. The van der Waals surface area contributed by atoms with E-state index in [9.17, 15) is 14.7 Å². The van der Waals surface area contributed by atoms with Gasteiger partial charge in [-0.05, 0) is 30.5 Å². The number of hydrogen-bond acceptors (Lipinski definition) is 2. The minimum absolute atomic E-state index is 0.0258. The Balaban J connectivity index is 2.04. The van der Waals surface area contributed by atoms with Crippen molar-refractivity contribution in [3.05, 3.63) is 70.7 Å². The first-order chi connectivity index (χ1) is 11.8. The highest BCUT2D eigenvalue weighted by Gasteiger charge is 2.35. The highest BCUT2D eigenvalue weighted by molar-refractivity contribution is 6.31. The SMILES string of the molecule is CC(Cc1ccccc1Cl)C(=O)NCC(C)(C(=O)O)c1ccccc1. The number of carbonyl (C=O) groups excluding carboxylic acids is 1. The van der Waals surface area contributed by atoms with Gasteiger partial charge in [-0.3, -0.25) is 9.59 Å². The summed E-state index contributed by atoms with van der Waals surface area (Å²) in [4.78, 5) is 24.2. The standard InChI is InChI=1S/C20H22ClNO3/c1-14(12-15-8-6-7-11-17(15)21)18(23)22-13-20(2,19(24)25)16-9-4-3-5-10-16/h3-11,14H,12-13H2,1-2H3,(H,22,23)(H,24,25). The molecular weight excluding hydrogens is 338 g/mol. The fraction of sp³-hybridized carbons (Fsp3) is 0.300. The topological polar surface area (TPSA) is 66.4 Å². The lowest BCUT2D eigenvalue weighted by Gasteiger charge is -2.26. The summed E-state index contributed by atoms with van der Waals surface area (Å²) in [5, 5.41) is 13.0. The molecule has 2 aromatic rings. The summed E-state index contributed by atoms with van der Waals surface area (Å²) in [7, 11) is 0. The number of nitrogens with one attached hydrogen (secondary N) is 1. The Bertz CT molecular complexity index is 748. The molecule has 2 unspecified atom stereocenters. The summed E-state index contributed by atoms with van der Waals surface area (Å²) in [6.45, 7) is 3.45. The fourth-order valence-corrected chi connectivity index (χ4v) is 2.84. The van der Waals surface area contributed by atoms with E-state index in [1.807, 2.05) is 24.3 Å². The van der Waals surface area contributed by atoms with Crippen molar-refractivity contribution in [2.24, 2.45) is 5.92 Å². The van der Waals surface area contributed by atoms with Gasteiger partial charge in [0.15, 0.2) is 0 Å². The number of carboxylic acid groups (broad SMARTS) is 1. The molecule has 0 bridgehead atoms. The fourth-order valence-electron chi connectivity index (χ4n) is 2.63. The van der Waals surface area contributed by atoms with Crippen molar-refractivity contribution >= 4 is 23.5 Å². The second-order valence-electron chi connectivity index (χ2n) is 6.42. The number of amides is 1. The number of halogens is 1. The maximum Gasteiger partial charge on any atom is 0.315 e. The van der Waals surface area contributed by atoms with Crippen LogP contribution in [0.4, 0.5) is 0 Å². The van der Waals surface area contributed by atoms with Crippen LogP contribution in [-0.2, 0) is 21.4 Å². The molecule has 0 aromatic heterocycles. The molecule has 0 aliphatic carbocycles. The maximum absolute atomic E-state index is 12.4. The van der Waals surface area contributed by atoms with E-state index in [4.69, 9.17) is 11.6 Å². The molecule has 0 saturated carbocycles. The highest BCUT2D eigenvalue weighted by Crippen LogP contribution is 2.24. The zero-order chi connectivity index (χ0) is 18.4. The normalized spacial score (nSPS) is 14.4. The van der Waals surface area contributed by atoms with Crippen molar-refractivity contribution in [3.8, 4) is 0 Å². The van der Waals surface area contributed by atoms with Crippen molar-refractivity contribution in [2.45, 2.75) is 25.7 Å². The summed E-state index contributed by atoms with van der Waals surface area (Å²) >= 11 is 6.13. The van der Waals surface area contributed by atoms with Gasteiger partial charge in [0.25, 0.3) is 0 Å². The van der Waals surface area contributed by atoms with Crippen LogP contribution in [0.15, 0.2) is 54.6 Å². The van der Waals surface area contributed by atoms with E-state index in [0.29, 0.717) is 17.0 Å². The van der Waals surface area contributed by atoms with E-state index in [2.05, 4.69) is 5.32 Å². The number of rotatable bonds is 7. The van der Waals surface area contributed by atoms with E-state index in [1.54, 1.807) is 44.2 Å². The van der Waals surface area contributed by atoms with Crippen molar-refractivity contribution in [1.82, 2.24) is 5.32 Å². The second-order valence-corrected chi connectivity index (χ2v) is 6.82. The van der Waals surface area contributed by atoms with E-state index in [-0.39, 0.29) is 18.4 Å². The van der Waals surface area contributed by atoms with E-state index < -0.39 is 11.4 Å². The molecule has 5 heteroatoms. The molecule has 25 heavy (non-hydrogen) atoms. The first-order valence-corrected chi connectivity index (χ1v) is 8.52. The van der Waals surface area contributed by atoms with Crippen molar-refractivity contribution in [2.75, 3.05) is 6.54 Å². The average Bonchev–Trinajstić information content (AvgIpc) is 2.61. The number of benzene rings is 2. The smallest absolute Gasteiger partial charge is 0.315 e. The van der Waals surface area contributed by atoms with Gasteiger partial charge in [0.05, 0.1) is 0 Å². The quantitative estimate of drug-likeness (QED) is 0.792. The molecule has 2 aromatic carbocycles. The summed E-state index contributed by atoms with van der Waals surface area (Å²) in [6.07, 6.45) is 0.501. The van der Waals surface area contributed by atoms with Gasteiger partial charge in [-0.1, -0.05) is 67.1 Å². The van der Waals surface area contributed by atoms with Crippen LogP contribution < -0.4 is 5.32 Å². The molecule has 0 aliphatic rings. The van der Waals surface area contributed by atoms with E-state index in [1.165, 1.54) is 0 Å². The van der Waals surface area contributed by atoms with Crippen molar-refractivity contribution in [3.63, 3.8) is 0 Å². The summed E-state index contributed by atoms with van der Waals surface area (Å²) in [5.74, 6) is -1.48. The van der Waals surface area contributed by atoms with Gasteiger partial charge in [0.1, 0.15) is 5.41 Å². The Labute approximate surface area is 152 Å². The van der Waals surface area contributed by atoms with Crippen LogP contribution in [0.5, 0.6) is 0 Å². The molecule has 0 fully saturated rings. The van der Waals surface area contributed by atoms with Crippen LogP contribution in [0.1, 0.15) is 25.0 Å². The van der Waals surface area contributed by atoms with E-state index >= 15 is 0 Å². The van der Waals surface area contributed by atoms with Crippen LogP contribution in [-0.4, -0.2) is 23.5 Å². The molecule has 0 saturated heterocycles. The zero-order valence-corrected chi connectivity index (χ0v) is 15.1. The predicted octanol–water partition coefficient (Wildman–Crippen LogP) is 3.68. The molecular formula is C20H22ClNO3. The largest absolute Gasteiger partial charge is 0.481 e. The number of hydrogen-bond donors (Lipinski definition) is 2. The Morgan fingerprint density at radius 1 is 1.12 bits per heavy atom. The minimum Gasteiger partial charge on any atom is -0.481 e. The molecule has 1 amide bonds. The zero-order valence-electron chi connectivity index (χ0n) is 14.3. The Hall–Kier alpha value is -2.33. The first-order valence-electron chi connectivity index (χ1n) is 8.14. The molecule has 0 aliphatic heterocycles. The molecule has 0 heterocycles. The summed E-state index contributed by atoms with van der Waals surface area (Å²) < 4.78 is 0. The highest BCUT2D eigenvalue weighted by atomic mass is 35.5. The Kier molecular flexibility index (Phi) is 6.21. The molecule has 2 atom stereocenters. The van der Waals surface area contributed by atoms with Gasteiger partial charge >= 0.3 is 5.97 Å². The third-order valence-electron chi connectivity index (χ3n) is 4.43. The lowest BCUT2D eigenvalue weighted by molar-refractivity contribution is -0.143. The average molecular weight is 360 g/mol. The van der Waals surface area contributed by atoms with Crippen LogP contribution in [0.25, 0.3) is 0 Å². The van der Waals surface area contributed by atoms with Gasteiger partial charge in [0.2, 0.25) is 5.91 Å². The Morgan fingerprint density at radius 3 is 2.32 bits per heavy atom. The van der Waals surface area contributed by atoms with Gasteiger partial charge in [-0.2, -0.15) is 0 Å². The minimum atomic E-state index is -1.18. The predicted molar refractivity (Wildman–Crippen MR) is 98.8 cm³/mol. The van der Waals surface area contributed by atoms with Crippen LogP contribution in [0.2, 0.25) is 5.02 Å². The molecule has 0 radical (unpaired) electrons. The van der Waals surface area contributed by atoms with E-state index in [0.717, 1.165) is 5.56 Å². The maximum atomic E-state index is 12.4. The first kappa shape index (κ1) is 19.0. The van der Waals surface area contributed by atoms with Crippen LogP contribution >= 0.6 is 11.6 Å². The van der Waals surface area contributed by atoms with Crippen molar-refractivity contribution < 1.29 is 14.7 Å². The van der Waals surface area contributed by atoms with Crippen LogP contribution in [0, 0.1) is 5.92 Å².